The second-order valence-corrected chi connectivity index (χ2v) is 14.9. The molecule has 0 aliphatic rings. The zero-order chi connectivity index (χ0) is 36.3. The molecular weight excluding hydrogens is 689 g/mol. The number of fused-ring (bicyclic) bond motifs is 6. The predicted molar refractivity (Wildman–Crippen MR) is 230 cm³/mol. The van der Waals surface area contributed by atoms with Gasteiger partial charge in [-0.3, -0.25) is 0 Å². The van der Waals surface area contributed by atoms with Crippen molar-refractivity contribution in [2.75, 3.05) is 0 Å². The van der Waals surface area contributed by atoms with Gasteiger partial charge in [-0.05, 0) is 95.1 Å². The van der Waals surface area contributed by atoms with Crippen molar-refractivity contribution < 1.29 is 0 Å². The molecule has 0 amide bonds. The van der Waals surface area contributed by atoms with Crippen molar-refractivity contribution in [1.29, 1.82) is 0 Å². The van der Waals surface area contributed by atoms with Crippen LogP contribution in [0.15, 0.2) is 194 Å². The summed E-state index contributed by atoms with van der Waals surface area (Å²) in [5.41, 5.74) is 13.9. The van der Waals surface area contributed by atoms with Crippen molar-refractivity contribution in [3.05, 3.63) is 194 Å². The third-order valence-electron chi connectivity index (χ3n) is 10.7. The highest BCUT2D eigenvalue weighted by molar-refractivity contribution is 7.17. The van der Waals surface area contributed by atoms with Crippen molar-refractivity contribution >= 4 is 54.9 Å². The van der Waals surface area contributed by atoms with Crippen LogP contribution in [0.4, 0.5) is 0 Å². The Labute approximate surface area is 321 Å². The molecule has 3 heterocycles. The van der Waals surface area contributed by atoms with Gasteiger partial charge in [-0.25, -0.2) is 0 Å². The molecule has 0 atom stereocenters. The fraction of sp³-hybridized carbons (Fsp3) is 0. The summed E-state index contributed by atoms with van der Waals surface area (Å²) in [6.45, 7) is 0. The summed E-state index contributed by atoms with van der Waals surface area (Å²) < 4.78 is 4.74. The van der Waals surface area contributed by atoms with Gasteiger partial charge < -0.3 is 9.13 Å². The summed E-state index contributed by atoms with van der Waals surface area (Å²) in [5, 5.41) is 16.1. The largest absolute Gasteiger partial charge is 0.309 e. The van der Waals surface area contributed by atoms with Crippen LogP contribution in [0.5, 0.6) is 0 Å². The van der Waals surface area contributed by atoms with E-state index in [-0.39, 0.29) is 0 Å². The van der Waals surface area contributed by atoms with Crippen LogP contribution in [0.25, 0.3) is 98.4 Å². The van der Waals surface area contributed by atoms with E-state index in [2.05, 4.69) is 203 Å². The second-order valence-electron chi connectivity index (χ2n) is 13.9. The van der Waals surface area contributed by atoms with Crippen LogP contribution in [-0.4, -0.2) is 19.3 Å². The van der Waals surface area contributed by atoms with Crippen LogP contribution in [-0.2, 0) is 0 Å². The van der Waals surface area contributed by atoms with Gasteiger partial charge >= 0.3 is 0 Å². The SMILES string of the molecule is c1ccc(-c2cccc(-n3c4ccccc4c4cc(-c5nnc(-c6ccc7c(c6)c6ccccc6n7-c6cccc(-c7ccccc7)c6)s5)ccc43)c2)cc1. The maximum atomic E-state index is 4.75. The van der Waals surface area contributed by atoms with Crippen molar-refractivity contribution in [3.63, 3.8) is 0 Å². The standard InChI is InChI=1S/C50H32N4S/c1-3-13-33(14-4-1)35-17-11-19-39(29-35)53-45-23-9-7-21-41(45)43-31-37(25-27-47(43)53)49-51-52-50(55-49)38-26-28-48-44(32-38)42-22-8-10-24-46(42)54(48)40-20-12-18-36(30-40)34-15-5-2-6-16-34/h1-32H. The first-order valence-corrected chi connectivity index (χ1v) is 19.3. The molecule has 55 heavy (non-hydrogen) atoms. The van der Waals surface area contributed by atoms with E-state index in [9.17, 15) is 0 Å². The highest BCUT2D eigenvalue weighted by Crippen LogP contribution is 2.40. The van der Waals surface area contributed by atoms with Gasteiger partial charge in [-0.2, -0.15) is 0 Å². The molecule has 3 aromatic heterocycles. The summed E-state index contributed by atoms with van der Waals surface area (Å²) in [6, 6.07) is 69.4. The van der Waals surface area contributed by atoms with Crippen molar-refractivity contribution in [1.82, 2.24) is 19.3 Å². The third kappa shape index (κ3) is 5.28. The first-order valence-electron chi connectivity index (χ1n) is 18.5. The van der Waals surface area contributed by atoms with Crippen LogP contribution in [0.2, 0.25) is 0 Å². The Morgan fingerprint density at radius 3 is 1.16 bits per heavy atom. The smallest absolute Gasteiger partial charge is 0.148 e. The topological polar surface area (TPSA) is 35.6 Å². The molecule has 0 radical (unpaired) electrons. The predicted octanol–water partition coefficient (Wildman–Crippen LogP) is 13.4. The summed E-state index contributed by atoms with van der Waals surface area (Å²) in [7, 11) is 0. The van der Waals surface area contributed by atoms with Gasteiger partial charge in [0, 0.05) is 44.0 Å². The fourth-order valence-corrected chi connectivity index (χ4v) is 8.97. The van der Waals surface area contributed by atoms with Crippen molar-refractivity contribution in [2.45, 2.75) is 0 Å². The molecule has 0 N–H and O–H groups in total. The number of aromatic nitrogens is 4. The van der Waals surface area contributed by atoms with Gasteiger partial charge in [0.25, 0.3) is 0 Å². The van der Waals surface area contributed by atoms with E-state index in [1.807, 2.05) is 0 Å². The number of hydrogen-bond donors (Lipinski definition) is 0. The van der Waals surface area contributed by atoms with Gasteiger partial charge in [0.15, 0.2) is 0 Å². The van der Waals surface area contributed by atoms with Crippen LogP contribution < -0.4 is 0 Å². The molecule has 0 saturated carbocycles. The van der Waals surface area contributed by atoms with Gasteiger partial charge in [0.1, 0.15) is 10.0 Å². The van der Waals surface area contributed by atoms with Crippen molar-refractivity contribution in [2.24, 2.45) is 0 Å². The Hall–Kier alpha value is -7.08. The minimum absolute atomic E-state index is 0.903. The molecule has 0 fully saturated rings. The minimum Gasteiger partial charge on any atom is -0.309 e. The quantitative estimate of drug-likeness (QED) is 0.171. The highest BCUT2D eigenvalue weighted by Gasteiger charge is 2.18. The Bertz CT molecular complexity index is 2990. The average Bonchev–Trinajstić information content (AvgIpc) is 3.97. The minimum atomic E-state index is 0.903. The summed E-state index contributed by atoms with van der Waals surface area (Å²) in [4.78, 5) is 0. The fourth-order valence-electron chi connectivity index (χ4n) is 8.14. The summed E-state index contributed by atoms with van der Waals surface area (Å²) in [5.74, 6) is 0. The molecule has 0 saturated heterocycles. The van der Waals surface area contributed by atoms with E-state index in [0.29, 0.717) is 0 Å². The molecule has 11 aromatic rings. The second kappa shape index (κ2) is 12.8. The van der Waals surface area contributed by atoms with Gasteiger partial charge in [0.2, 0.25) is 0 Å². The molecule has 0 bridgehead atoms. The number of nitrogens with zero attached hydrogens (tertiary/aromatic N) is 4. The molecule has 258 valence electrons. The van der Waals surface area contributed by atoms with E-state index in [0.717, 1.165) is 43.6 Å². The zero-order valence-corrected chi connectivity index (χ0v) is 30.5. The lowest BCUT2D eigenvalue weighted by Crippen LogP contribution is -1.94. The lowest BCUT2D eigenvalue weighted by Gasteiger charge is -2.10. The molecule has 5 heteroatoms. The molecule has 0 aliphatic carbocycles. The Kier molecular flexibility index (Phi) is 7.32. The Morgan fingerprint density at radius 2 is 0.691 bits per heavy atom. The Morgan fingerprint density at radius 1 is 0.291 bits per heavy atom. The Balaban J connectivity index is 0.984. The zero-order valence-electron chi connectivity index (χ0n) is 29.7. The van der Waals surface area contributed by atoms with Crippen LogP contribution in [0, 0.1) is 0 Å². The first kappa shape index (κ1) is 31.4. The first-order chi connectivity index (χ1) is 27.3. The third-order valence-corrected chi connectivity index (χ3v) is 11.7. The molecule has 0 unspecified atom stereocenters. The van der Waals surface area contributed by atoms with Gasteiger partial charge in [0.05, 0.1) is 22.1 Å². The van der Waals surface area contributed by atoms with Crippen LogP contribution >= 0.6 is 11.3 Å². The van der Waals surface area contributed by atoms with Gasteiger partial charge in [-0.1, -0.05) is 133 Å². The molecular formula is C50H32N4S. The average molecular weight is 721 g/mol. The van der Waals surface area contributed by atoms with Crippen molar-refractivity contribution in [3.8, 4) is 54.8 Å². The van der Waals surface area contributed by atoms with Gasteiger partial charge in [-0.15, -0.1) is 10.2 Å². The molecule has 8 aromatic carbocycles. The van der Waals surface area contributed by atoms with E-state index in [4.69, 9.17) is 10.2 Å². The number of benzene rings is 8. The normalized spacial score (nSPS) is 11.6. The number of rotatable bonds is 6. The van der Waals surface area contributed by atoms with E-state index >= 15 is 0 Å². The summed E-state index contributed by atoms with van der Waals surface area (Å²) in [6.07, 6.45) is 0. The maximum Gasteiger partial charge on any atom is 0.148 e. The van der Waals surface area contributed by atoms with E-state index < -0.39 is 0 Å². The monoisotopic (exact) mass is 720 g/mol. The van der Waals surface area contributed by atoms with Crippen LogP contribution in [0.3, 0.4) is 0 Å². The highest BCUT2D eigenvalue weighted by atomic mass is 32.1. The summed E-state index contributed by atoms with van der Waals surface area (Å²) >= 11 is 1.64. The molecule has 0 spiro atoms. The lowest BCUT2D eigenvalue weighted by molar-refractivity contribution is 1.10. The van der Waals surface area contributed by atoms with E-state index in [1.165, 1.54) is 54.8 Å². The number of para-hydroxylation sites is 2. The molecule has 11 rings (SSSR count). The van der Waals surface area contributed by atoms with E-state index in [1.54, 1.807) is 11.3 Å². The lowest BCUT2D eigenvalue weighted by atomic mass is 10.1. The molecule has 0 aliphatic heterocycles. The maximum absolute atomic E-state index is 4.75. The number of hydrogen-bond acceptors (Lipinski definition) is 3. The van der Waals surface area contributed by atoms with Crippen LogP contribution in [0.1, 0.15) is 0 Å². The molecule has 4 nitrogen and oxygen atoms in total.